The van der Waals surface area contributed by atoms with E-state index in [9.17, 15) is 0 Å². The molecule has 0 fully saturated rings. The number of hydrogen-bond acceptors (Lipinski definition) is 4. The number of nitrogens with two attached hydrogens (primary N) is 1. The van der Waals surface area contributed by atoms with E-state index in [1.165, 1.54) is 11.8 Å². The van der Waals surface area contributed by atoms with Gasteiger partial charge in [0.25, 0.3) is 0 Å². The molecule has 0 atom stereocenters. The molecule has 0 aromatic carbocycles. The van der Waals surface area contributed by atoms with Crippen LogP contribution in [0.25, 0.3) is 0 Å². The largest absolute Gasteiger partial charge is 0.368 e. The number of aryl methyl sites for hydroxylation is 1. The molecule has 5 heteroatoms. The second-order valence-corrected chi connectivity index (χ2v) is 4.14. The summed E-state index contributed by atoms with van der Waals surface area (Å²) in [6, 6.07) is 0. The first-order valence-electron chi connectivity index (χ1n) is 4.37. The zero-order valence-electron chi connectivity index (χ0n) is 8.32. The lowest BCUT2D eigenvalue weighted by Crippen LogP contribution is -2.07. The third-order valence-corrected chi connectivity index (χ3v) is 2.32. The minimum Gasteiger partial charge on any atom is -0.368 e. The minimum atomic E-state index is 0.519. The third kappa shape index (κ3) is 2.91. The molecule has 0 spiro atoms. The number of thioether (sulfide) groups is 1. The first-order valence-corrected chi connectivity index (χ1v) is 5.60. The molecule has 1 aromatic rings. The maximum atomic E-state index is 5.68. The molecule has 0 unspecified atom stereocenters. The first-order chi connectivity index (χ1) is 6.13. The van der Waals surface area contributed by atoms with Crippen LogP contribution in [0.15, 0.2) is 5.16 Å². The quantitative estimate of drug-likeness (QED) is 0.750. The van der Waals surface area contributed by atoms with E-state index in [2.05, 4.69) is 23.9 Å². The Hall–Kier alpha value is -0.710. The highest BCUT2D eigenvalue weighted by Gasteiger charge is 2.05. The highest BCUT2D eigenvalue weighted by molar-refractivity contribution is 7.98. The molecule has 4 nitrogen and oxygen atoms in total. The Bertz CT molecular complexity index is 269. The van der Waals surface area contributed by atoms with Crippen LogP contribution in [0.5, 0.6) is 0 Å². The summed E-state index contributed by atoms with van der Waals surface area (Å²) in [7, 11) is 0. The Balaban J connectivity index is 2.60. The van der Waals surface area contributed by atoms with Crippen LogP contribution in [0.4, 0.5) is 5.95 Å². The van der Waals surface area contributed by atoms with E-state index in [-0.39, 0.29) is 0 Å². The zero-order chi connectivity index (χ0) is 9.84. The standard InChI is InChI=1S/C8H16N4S/c1-6(2)4-5-12-7(9)10-8(11-12)13-3/h6H,4-5H2,1-3H3,(H2,9,10,11). The third-order valence-electron chi connectivity index (χ3n) is 1.78. The molecule has 0 radical (unpaired) electrons. The van der Waals surface area contributed by atoms with Crippen molar-refractivity contribution in [1.82, 2.24) is 14.8 Å². The molecule has 2 N–H and O–H groups in total. The predicted molar refractivity (Wildman–Crippen MR) is 55.7 cm³/mol. The van der Waals surface area contributed by atoms with Crippen LogP contribution < -0.4 is 5.73 Å². The summed E-state index contributed by atoms with van der Waals surface area (Å²) in [5.74, 6) is 1.19. The van der Waals surface area contributed by atoms with E-state index in [0.29, 0.717) is 11.9 Å². The van der Waals surface area contributed by atoms with Crippen molar-refractivity contribution in [3.05, 3.63) is 0 Å². The lowest BCUT2D eigenvalue weighted by molar-refractivity contribution is 0.486. The van der Waals surface area contributed by atoms with Crippen molar-refractivity contribution in [3.8, 4) is 0 Å². The molecule has 0 bridgehead atoms. The monoisotopic (exact) mass is 200 g/mol. The molecule has 0 amide bonds. The van der Waals surface area contributed by atoms with Gasteiger partial charge in [-0.15, -0.1) is 5.10 Å². The summed E-state index contributed by atoms with van der Waals surface area (Å²) in [4.78, 5) is 4.10. The van der Waals surface area contributed by atoms with Gasteiger partial charge in [-0.2, -0.15) is 4.98 Å². The Labute approximate surface area is 82.9 Å². The van der Waals surface area contributed by atoms with Crippen LogP contribution >= 0.6 is 11.8 Å². The summed E-state index contributed by atoms with van der Waals surface area (Å²) in [6.45, 7) is 5.22. The number of nitrogen functional groups attached to an aromatic ring is 1. The summed E-state index contributed by atoms with van der Waals surface area (Å²) < 4.78 is 1.77. The van der Waals surface area contributed by atoms with Gasteiger partial charge in [-0.1, -0.05) is 25.6 Å². The summed E-state index contributed by atoms with van der Waals surface area (Å²) in [6.07, 6.45) is 3.03. The molecule has 74 valence electrons. The van der Waals surface area contributed by atoms with Crippen LogP contribution in [-0.2, 0) is 6.54 Å². The first kappa shape index (κ1) is 10.4. The van der Waals surface area contributed by atoms with Gasteiger partial charge in [0.1, 0.15) is 0 Å². The maximum absolute atomic E-state index is 5.68. The van der Waals surface area contributed by atoms with Gasteiger partial charge in [0, 0.05) is 6.54 Å². The fourth-order valence-corrected chi connectivity index (χ4v) is 1.33. The van der Waals surface area contributed by atoms with Crippen molar-refractivity contribution < 1.29 is 0 Å². The molecule has 13 heavy (non-hydrogen) atoms. The molecule has 0 aliphatic rings. The SMILES string of the molecule is CSc1nc(N)n(CCC(C)C)n1. The Morgan fingerprint density at radius 3 is 2.69 bits per heavy atom. The van der Waals surface area contributed by atoms with Crippen molar-refractivity contribution in [3.63, 3.8) is 0 Å². The van der Waals surface area contributed by atoms with Gasteiger partial charge < -0.3 is 5.73 Å². The Morgan fingerprint density at radius 2 is 2.23 bits per heavy atom. The zero-order valence-corrected chi connectivity index (χ0v) is 9.14. The van der Waals surface area contributed by atoms with Gasteiger partial charge in [-0.3, -0.25) is 0 Å². The van der Waals surface area contributed by atoms with E-state index in [0.717, 1.165) is 18.1 Å². The number of aromatic nitrogens is 3. The molecule has 0 aliphatic carbocycles. The smallest absolute Gasteiger partial charge is 0.219 e. The van der Waals surface area contributed by atoms with Gasteiger partial charge in [0.2, 0.25) is 11.1 Å². The van der Waals surface area contributed by atoms with Gasteiger partial charge in [0.15, 0.2) is 0 Å². The number of nitrogens with zero attached hydrogens (tertiary/aromatic N) is 3. The van der Waals surface area contributed by atoms with E-state index >= 15 is 0 Å². The summed E-state index contributed by atoms with van der Waals surface area (Å²) in [5, 5.41) is 4.99. The molecule has 0 aliphatic heterocycles. The van der Waals surface area contributed by atoms with Gasteiger partial charge in [-0.05, 0) is 18.6 Å². The molecule has 1 heterocycles. The van der Waals surface area contributed by atoms with Crippen LogP contribution in [0.1, 0.15) is 20.3 Å². The fourth-order valence-electron chi connectivity index (χ4n) is 0.964. The van der Waals surface area contributed by atoms with Crippen molar-refractivity contribution in [1.29, 1.82) is 0 Å². The lowest BCUT2D eigenvalue weighted by Gasteiger charge is -2.04. The minimum absolute atomic E-state index is 0.519. The molecule has 1 rings (SSSR count). The highest BCUT2D eigenvalue weighted by atomic mass is 32.2. The van der Waals surface area contributed by atoms with E-state index in [1.807, 2.05) is 6.26 Å². The van der Waals surface area contributed by atoms with E-state index in [4.69, 9.17) is 5.73 Å². The van der Waals surface area contributed by atoms with Crippen LogP contribution in [0.3, 0.4) is 0 Å². The number of rotatable bonds is 4. The average molecular weight is 200 g/mol. The topological polar surface area (TPSA) is 56.7 Å². The molecular weight excluding hydrogens is 184 g/mol. The Morgan fingerprint density at radius 1 is 1.54 bits per heavy atom. The van der Waals surface area contributed by atoms with Crippen molar-refractivity contribution in [2.24, 2.45) is 5.92 Å². The second kappa shape index (κ2) is 4.50. The van der Waals surface area contributed by atoms with Gasteiger partial charge in [-0.25, -0.2) is 4.68 Å². The lowest BCUT2D eigenvalue weighted by atomic mass is 10.1. The highest BCUT2D eigenvalue weighted by Crippen LogP contribution is 2.12. The molecule has 1 aromatic heterocycles. The maximum Gasteiger partial charge on any atom is 0.219 e. The van der Waals surface area contributed by atoms with Crippen LogP contribution in [0.2, 0.25) is 0 Å². The second-order valence-electron chi connectivity index (χ2n) is 3.36. The molecular formula is C8H16N4S. The van der Waals surface area contributed by atoms with E-state index in [1.54, 1.807) is 4.68 Å². The van der Waals surface area contributed by atoms with E-state index < -0.39 is 0 Å². The molecule has 0 saturated carbocycles. The normalized spacial score (nSPS) is 11.1. The van der Waals surface area contributed by atoms with Crippen molar-refractivity contribution in [2.75, 3.05) is 12.0 Å². The van der Waals surface area contributed by atoms with Crippen molar-refractivity contribution in [2.45, 2.75) is 32.0 Å². The van der Waals surface area contributed by atoms with Gasteiger partial charge >= 0.3 is 0 Å². The fraction of sp³-hybridized carbons (Fsp3) is 0.750. The van der Waals surface area contributed by atoms with Gasteiger partial charge in [0.05, 0.1) is 0 Å². The number of anilines is 1. The van der Waals surface area contributed by atoms with Crippen LogP contribution in [0, 0.1) is 5.92 Å². The summed E-state index contributed by atoms with van der Waals surface area (Å²) >= 11 is 1.51. The average Bonchev–Trinajstić information content (AvgIpc) is 2.43. The number of hydrogen-bond donors (Lipinski definition) is 1. The van der Waals surface area contributed by atoms with Crippen LogP contribution in [-0.4, -0.2) is 21.0 Å². The summed E-state index contributed by atoms with van der Waals surface area (Å²) in [5.41, 5.74) is 5.68. The predicted octanol–water partition coefficient (Wildman–Crippen LogP) is 1.63. The Kier molecular flexibility index (Phi) is 3.59. The van der Waals surface area contributed by atoms with Crippen molar-refractivity contribution >= 4 is 17.7 Å². The molecule has 0 saturated heterocycles.